The van der Waals surface area contributed by atoms with E-state index in [-0.39, 0.29) is 5.91 Å². The van der Waals surface area contributed by atoms with Crippen LogP contribution in [-0.2, 0) is 6.54 Å². The van der Waals surface area contributed by atoms with Gasteiger partial charge in [0, 0.05) is 18.0 Å². The lowest BCUT2D eigenvalue weighted by Gasteiger charge is -2.21. The van der Waals surface area contributed by atoms with Gasteiger partial charge in [0.2, 0.25) is 5.89 Å². The standard InChI is InChI=1S/C23H22N4O2/c1-2-27(15-21-25-22(29-26-21)17-7-5-8-17)23(28)18-12-10-16(11-13-18)20-9-4-3-6-19(20)14-24/h3-4,6,9-13,17H,2,5,7-8,15H2,1H3. The SMILES string of the molecule is CCN(Cc1noc(C2CCC2)n1)C(=O)c1ccc(-c2ccccc2C#N)cc1. The van der Waals surface area contributed by atoms with Crippen LogP contribution in [0.1, 0.15) is 59.7 Å². The molecule has 1 aliphatic carbocycles. The molecule has 0 saturated heterocycles. The van der Waals surface area contributed by atoms with Crippen LogP contribution in [0.2, 0.25) is 0 Å². The molecule has 29 heavy (non-hydrogen) atoms. The number of nitrogens with zero attached hydrogens (tertiary/aromatic N) is 4. The zero-order chi connectivity index (χ0) is 20.2. The van der Waals surface area contributed by atoms with E-state index in [9.17, 15) is 10.1 Å². The highest BCUT2D eigenvalue weighted by atomic mass is 16.5. The number of carbonyl (C=O) groups is 1. The minimum absolute atomic E-state index is 0.0809. The molecule has 0 aliphatic heterocycles. The van der Waals surface area contributed by atoms with Gasteiger partial charge < -0.3 is 9.42 Å². The van der Waals surface area contributed by atoms with Gasteiger partial charge in [-0.15, -0.1) is 0 Å². The van der Waals surface area contributed by atoms with E-state index in [1.54, 1.807) is 23.1 Å². The number of amides is 1. The molecule has 0 N–H and O–H groups in total. The van der Waals surface area contributed by atoms with Crippen molar-refractivity contribution in [3.63, 3.8) is 0 Å². The topological polar surface area (TPSA) is 83.0 Å². The summed E-state index contributed by atoms with van der Waals surface area (Å²) in [7, 11) is 0. The van der Waals surface area contributed by atoms with Gasteiger partial charge in [-0.05, 0) is 49.1 Å². The van der Waals surface area contributed by atoms with E-state index in [0.29, 0.717) is 41.8 Å². The van der Waals surface area contributed by atoms with E-state index < -0.39 is 0 Å². The smallest absolute Gasteiger partial charge is 0.254 e. The summed E-state index contributed by atoms with van der Waals surface area (Å²) in [6.45, 7) is 2.80. The summed E-state index contributed by atoms with van der Waals surface area (Å²) < 4.78 is 5.36. The average Bonchev–Trinajstić information content (AvgIpc) is 3.18. The van der Waals surface area contributed by atoms with Crippen LogP contribution in [0.25, 0.3) is 11.1 Å². The highest BCUT2D eigenvalue weighted by Crippen LogP contribution is 2.35. The van der Waals surface area contributed by atoms with E-state index >= 15 is 0 Å². The van der Waals surface area contributed by atoms with Crippen molar-refractivity contribution in [1.82, 2.24) is 15.0 Å². The zero-order valence-electron chi connectivity index (χ0n) is 16.3. The highest BCUT2D eigenvalue weighted by Gasteiger charge is 2.26. The Morgan fingerprint density at radius 3 is 2.62 bits per heavy atom. The van der Waals surface area contributed by atoms with Gasteiger partial charge in [0.05, 0.1) is 18.2 Å². The largest absolute Gasteiger partial charge is 0.339 e. The molecule has 0 bridgehead atoms. The summed E-state index contributed by atoms with van der Waals surface area (Å²) in [4.78, 5) is 19.1. The Kier molecular flexibility index (Phi) is 5.39. The number of hydrogen-bond donors (Lipinski definition) is 0. The lowest BCUT2D eigenvalue weighted by molar-refractivity contribution is 0.0747. The number of nitriles is 1. The van der Waals surface area contributed by atoms with E-state index in [2.05, 4.69) is 16.2 Å². The summed E-state index contributed by atoms with van der Waals surface area (Å²) in [6.07, 6.45) is 3.40. The van der Waals surface area contributed by atoms with Crippen LogP contribution in [0.15, 0.2) is 53.1 Å². The summed E-state index contributed by atoms with van der Waals surface area (Å²) in [5, 5.41) is 13.3. The zero-order valence-corrected chi connectivity index (χ0v) is 16.3. The molecule has 1 fully saturated rings. The van der Waals surface area contributed by atoms with E-state index in [1.807, 2.05) is 37.3 Å². The van der Waals surface area contributed by atoms with Crippen molar-refractivity contribution in [2.75, 3.05) is 6.54 Å². The first-order valence-electron chi connectivity index (χ1n) is 9.91. The second-order valence-corrected chi connectivity index (χ2v) is 7.23. The summed E-state index contributed by atoms with van der Waals surface area (Å²) in [5.41, 5.74) is 2.97. The van der Waals surface area contributed by atoms with E-state index in [1.165, 1.54) is 6.42 Å². The average molecular weight is 386 g/mol. The van der Waals surface area contributed by atoms with E-state index in [4.69, 9.17) is 4.52 Å². The Bertz CT molecular complexity index is 1050. The third-order valence-corrected chi connectivity index (χ3v) is 5.43. The molecule has 6 heteroatoms. The Labute approximate surface area is 169 Å². The molecular formula is C23H22N4O2. The monoisotopic (exact) mass is 386 g/mol. The molecule has 1 saturated carbocycles. The van der Waals surface area contributed by atoms with Crippen molar-refractivity contribution < 1.29 is 9.32 Å². The highest BCUT2D eigenvalue weighted by molar-refractivity contribution is 5.94. The Hall–Kier alpha value is -3.46. The van der Waals surface area contributed by atoms with Gasteiger partial charge in [-0.2, -0.15) is 10.2 Å². The fourth-order valence-electron chi connectivity index (χ4n) is 3.46. The second-order valence-electron chi connectivity index (χ2n) is 7.23. The molecule has 146 valence electrons. The Morgan fingerprint density at radius 1 is 1.21 bits per heavy atom. The van der Waals surface area contributed by atoms with Crippen LogP contribution in [0.5, 0.6) is 0 Å². The Balaban J connectivity index is 1.48. The molecule has 1 aliphatic rings. The first-order valence-corrected chi connectivity index (χ1v) is 9.91. The third-order valence-electron chi connectivity index (χ3n) is 5.43. The van der Waals surface area contributed by atoms with Crippen molar-refractivity contribution >= 4 is 5.91 Å². The quantitative estimate of drug-likeness (QED) is 0.621. The second kappa shape index (κ2) is 8.27. The number of aromatic nitrogens is 2. The van der Waals surface area contributed by atoms with Gasteiger partial charge in [-0.1, -0.05) is 41.9 Å². The van der Waals surface area contributed by atoms with Gasteiger partial charge >= 0.3 is 0 Å². The first-order chi connectivity index (χ1) is 14.2. The lowest BCUT2D eigenvalue weighted by Crippen LogP contribution is -2.30. The molecule has 6 nitrogen and oxygen atoms in total. The molecule has 1 aromatic heterocycles. The predicted octanol–water partition coefficient (Wildman–Crippen LogP) is 4.54. The summed E-state index contributed by atoms with van der Waals surface area (Å²) in [6, 6.07) is 17.0. The number of carbonyl (C=O) groups excluding carboxylic acids is 1. The van der Waals surface area contributed by atoms with Crippen molar-refractivity contribution in [2.24, 2.45) is 0 Å². The molecule has 2 aromatic carbocycles. The van der Waals surface area contributed by atoms with Gasteiger partial charge in [0.25, 0.3) is 5.91 Å². The molecule has 0 spiro atoms. The van der Waals surface area contributed by atoms with Gasteiger partial charge in [-0.3, -0.25) is 4.79 Å². The van der Waals surface area contributed by atoms with Crippen molar-refractivity contribution in [3.8, 4) is 17.2 Å². The summed E-state index contributed by atoms with van der Waals surface area (Å²) >= 11 is 0. The van der Waals surface area contributed by atoms with Crippen LogP contribution in [0.3, 0.4) is 0 Å². The summed E-state index contributed by atoms with van der Waals surface area (Å²) in [5.74, 6) is 1.53. The molecule has 4 rings (SSSR count). The maximum atomic E-state index is 12.9. The van der Waals surface area contributed by atoms with Crippen LogP contribution < -0.4 is 0 Å². The maximum Gasteiger partial charge on any atom is 0.254 e. The van der Waals surface area contributed by atoms with Crippen molar-refractivity contribution in [3.05, 3.63) is 71.4 Å². The fourth-order valence-corrected chi connectivity index (χ4v) is 3.46. The molecule has 1 heterocycles. The molecule has 0 radical (unpaired) electrons. The van der Waals surface area contributed by atoms with Gasteiger partial charge in [0.1, 0.15) is 0 Å². The minimum Gasteiger partial charge on any atom is -0.339 e. The van der Waals surface area contributed by atoms with Crippen molar-refractivity contribution in [2.45, 2.75) is 38.6 Å². The lowest BCUT2D eigenvalue weighted by atomic mass is 9.85. The Morgan fingerprint density at radius 2 is 1.97 bits per heavy atom. The first kappa shape index (κ1) is 18.9. The number of benzene rings is 2. The van der Waals surface area contributed by atoms with Gasteiger partial charge in [-0.25, -0.2) is 0 Å². The third kappa shape index (κ3) is 3.90. The van der Waals surface area contributed by atoms with Crippen LogP contribution in [0, 0.1) is 11.3 Å². The molecule has 3 aromatic rings. The van der Waals surface area contributed by atoms with Crippen LogP contribution >= 0.6 is 0 Å². The normalized spacial score (nSPS) is 13.5. The van der Waals surface area contributed by atoms with Crippen molar-refractivity contribution in [1.29, 1.82) is 5.26 Å². The molecule has 1 amide bonds. The maximum absolute atomic E-state index is 12.9. The van der Waals surface area contributed by atoms with Crippen LogP contribution in [0.4, 0.5) is 0 Å². The van der Waals surface area contributed by atoms with E-state index in [0.717, 1.165) is 24.0 Å². The van der Waals surface area contributed by atoms with Crippen LogP contribution in [-0.4, -0.2) is 27.5 Å². The molecule has 0 unspecified atom stereocenters. The predicted molar refractivity (Wildman–Crippen MR) is 108 cm³/mol. The minimum atomic E-state index is -0.0809. The van der Waals surface area contributed by atoms with Gasteiger partial charge in [0.15, 0.2) is 5.82 Å². The molecular weight excluding hydrogens is 364 g/mol. The molecule has 0 atom stereocenters. The number of hydrogen-bond acceptors (Lipinski definition) is 5. The fraction of sp³-hybridized carbons (Fsp3) is 0.304. The number of rotatable bonds is 6.